The summed E-state index contributed by atoms with van der Waals surface area (Å²) in [5.41, 5.74) is 0.536. The molecule has 1 aromatic rings. The molecule has 1 heterocycles. The summed E-state index contributed by atoms with van der Waals surface area (Å²) in [6.45, 7) is 0.635. The van der Waals surface area contributed by atoms with Crippen molar-refractivity contribution in [2.24, 2.45) is 0 Å². The van der Waals surface area contributed by atoms with Crippen LogP contribution in [0.15, 0.2) is 12.1 Å². The summed E-state index contributed by atoms with van der Waals surface area (Å²) >= 11 is 11.6. The van der Waals surface area contributed by atoms with E-state index in [1.807, 2.05) is 14.1 Å². The Balaban J connectivity index is 2.01. The zero-order valence-corrected chi connectivity index (χ0v) is 12.6. The van der Waals surface area contributed by atoms with Gasteiger partial charge in [0.05, 0.1) is 0 Å². The minimum Gasteiger partial charge on any atom is -0.350 e. The van der Waals surface area contributed by atoms with Gasteiger partial charge in [-0.05, 0) is 45.5 Å². The van der Waals surface area contributed by atoms with Gasteiger partial charge >= 0.3 is 0 Å². The fraction of sp³-hybridized carbons (Fsp3) is 0.538. The van der Waals surface area contributed by atoms with Crippen molar-refractivity contribution in [1.29, 1.82) is 0 Å². The zero-order chi connectivity index (χ0) is 14.0. The quantitative estimate of drug-likeness (QED) is 0.870. The molecule has 0 saturated heterocycles. The smallest absolute Gasteiger partial charge is 0.251 e. The third kappa shape index (κ3) is 3.19. The first kappa shape index (κ1) is 14.6. The minimum absolute atomic E-state index is 0.0935. The Hall–Kier alpha value is -0.840. The van der Waals surface area contributed by atoms with E-state index in [1.54, 1.807) is 0 Å². The van der Waals surface area contributed by atoms with Crippen molar-refractivity contribution in [3.63, 3.8) is 0 Å². The van der Waals surface area contributed by atoms with E-state index in [9.17, 15) is 4.79 Å². The average Bonchev–Trinajstić information content (AvgIpc) is 2.25. The maximum Gasteiger partial charge on any atom is 0.251 e. The molecule has 1 amide bonds. The average molecular weight is 302 g/mol. The van der Waals surface area contributed by atoms with Crippen LogP contribution in [0.3, 0.4) is 0 Å². The van der Waals surface area contributed by atoms with Gasteiger partial charge in [-0.15, -0.1) is 0 Å². The fourth-order valence-electron chi connectivity index (χ4n) is 2.31. The van der Waals surface area contributed by atoms with Gasteiger partial charge in [0.15, 0.2) is 0 Å². The number of amides is 1. The summed E-state index contributed by atoms with van der Waals surface area (Å²) < 4.78 is 0. The molecule has 1 aliphatic rings. The number of pyridine rings is 1. The van der Waals surface area contributed by atoms with E-state index < -0.39 is 0 Å². The second-order valence-corrected chi connectivity index (χ2v) is 5.93. The molecule has 0 radical (unpaired) electrons. The van der Waals surface area contributed by atoms with E-state index in [0.29, 0.717) is 12.1 Å². The van der Waals surface area contributed by atoms with Crippen LogP contribution in [0.4, 0.5) is 0 Å². The van der Waals surface area contributed by atoms with Gasteiger partial charge in [0.1, 0.15) is 10.3 Å². The van der Waals surface area contributed by atoms with Crippen molar-refractivity contribution < 1.29 is 4.79 Å². The summed E-state index contributed by atoms with van der Waals surface area (Å²) in [6, 6.07) is 3.04. The topological polar surface area (TPSA) is 45.2 Å². The van der Waals surface area contributed by atoms with Gasteiger partial charge in [0, 0.05) is 17.6 Å². The van der Waals surface area contributed by atoms with Crippen LogP contribution >= 0.6 is 23.2 Å². The first-order valence-electron chi connectivity index (χ1n) is 6.22. The van der Waals surface area contributed by atoms with Crippen molar-refractivity contribution >= 4 is 29.1 Å². The molecule has 1 aromatic heterocycles. The van der Waals surface area contributed by atoms with E-state index in [0.717, 1.165) is 12.8 Å². The first-order chi connectivity index (χ1) is 8.93. The van der Waals surface area contributed by atoms with Crippen molar-refractivity contribution in [3.05, 3.63) is 28.0 Å². The largest absolute Gasteiger partial charge is 0.350 e. The Kier molecular flexibility index (Phi) is 4.33. The predicted molar refractivity (Wildman–Crippen MR) is 76.9 cm³/mol. The SMILES string of the molecule is CN(C)C1(CNC(=O)c2cc(Cl)nc(Cl)c2)CCC1. The first-order valence-corrected chi connectivity index (χ1v) is 6.97. The zero-order valence-electron chi connectivity index (χ0n) is 11.0. The third-order valence-electron chi connectivity index (χ3n) is 3.84. The number of halogens is 2. The van der Waals surface area contributed by atoms with E-state index in [2.05, 4.69) is 15.2 Å². The highest BCUT2D eigenvalue weighted by Gasteiger charge is 2.39. The van der Waals surface area contributed by atoms with Gasteiger partial charge in [-0.3, -0.25) is 4.79 Å². The van der Waals surface area contributed by atoms with E-state index >= 15 is 0 Å². The highest BCUT2D eigenvalue weighted by Crippen LogP contribution is 2.35. The van der Waals surface area contributed by atoms with Gasteiger partial charge < -0.3 is 10.2 Å². The predicted octanol–water partition coefficient (Wildman–Crippen LogP) is 2.60. The van der Waals surface area contributed by atoms with E-state index in [4.69, 9.17) is 23.2 Å². The lowest BCUT2D eigenvalue weighted by molar-refractivity contribution is 0.0557. The van der Waals surface area contributed by atoms with Gasteiger partial charge in [-0.2, -0.15) is 0 Å². The second-order valence-electron chi connectivity index (χ2n) is 5.16. The molecule has 0 aliphatic heterocycles. The van der Waals surface area contributed by atoms with Crippen LogP contribution in [-0.2, 0) is 0 Å². The number of aromatic nitrogens is 1. The lowest BCUT2D eigenvalue weighted by Crippen LogP contribution is -2.57. The maximum absolute atomic E-state index is 12.1. The van der Waals surface area contributed by atoms with Crippen LogP contribution in [0.5, 0.6) is 0 Å². The number of carbonyl (C=O) groups excluding carboxylic acids is 1. The number of carbonyl (C=O) groups is 1. The van der Waals surface area contributed by atoms with Gasteiger partial charge in [-0.1, -0.05) is 23.2 Å². The summed E-state index contributed by atoms with van der Waals surface area (Å²) in [6.07, 6.45) is 3.43. The van der Waals surface area contributed by atoms with E-state index in [1.165, 1.54) is 18.6 Å². The summed E-state index contributed by atoms with van der Waals surface area (Å²) in [5, 5.41) is 3.40. The van der Waals surface area contributed by atoms with Crippen LogP contribution < -0.4 is 5.32 Å². The maximum atomic E-state index is 12.1. The van der Waals surface area contributed by atoms with Crippen molar-refractivity contribution in [2.45, 2.75) is 24.8 Å². The van der Waals surface area contributed by atoms with Gasteiger partial charge in [0.25, 0.3) is 5.91 Å². The normalized spacial score (nSPS) is 17.1. The highest BCUT2D eigenvalue weighted by atomic mass is 35.5. The molecule has 6 heteroatoms. The monoisotopic (exact) mass is 301 g/mol. The Morgan fingerprint density at radius 2 is 1.95 bits per heavy atom. The molecule has 0 bridgehead atoms. The molecule has 1 N–H and O–H groups in total. The van der Waals surface area contributed by atoms with Gasteiger partial charge in [0.2, 0.25) is 0 Å². The summed E-state index contributed by atoms with van der Waals surface area (Å²) in [4.78, 5) is 18.1. The minimum atomic E-state index is -0.167. The molecule has 1 aliphatic carbocycles. The molecule has 104 valence electrons. The van der Waals surface area contributed by atoms with Crippen molar-refractivity contribution in [2.75, 3.05) is 20.6 Å². The second kappa shape index (κ2) is 5.65. The molecular formula is C13H17Cl2N3O. The molecule has 1 fully saturated rings. The lowest BCUT2D eigenvalue weighted by atomic mass is 9.75. The standard InChI is InChI=1S/C13H17Cl2N3O/c1-18(2)13(4-3-5-13)8-16-12(19)9-6-10(14)17-11(15)7-9/h6-7H,3-5,8H2,1-2H3,(H,16,19). The third-order valence-corrected chi connectivity index (χ3v) is 4.22. The molecule has 0 aromatic carbocycles. The van der Waals surface area contributed by atoms with Crippen molar-refractivity contribution in [3.8, 4) is 0 Å². The Morgan fingerprint density at radius 1 is 1.37 bits per heavy atom. The molecular weight excluding hydrogens is 285 g/mol. The van der Waals surface area contributed by atoms with Crippen LogP contribution in [0.2, 0.25) is 10.3 Å². The summed E-state index contributed by atoms with van der Waals surface area (Å²) in [7, 11) is 4.09. The summed E-state index contributed by atoms with van der Waals surface area (Å²) in [5.74, 6) is -0.167. The number of nitrogens with zero attached hydrogens (tertiary/aromatic N) is 2. The number of rotatable bonds is 4. The van der Waals surface area contributed by atoms with E-state index in [-0.39, 0.29) is 21.8 Å². The van der Waals surface area contributed by atoms with Crippen molar-refractivity contribution in [1.82, 2.24) is 15.2 Å². The molecule has 2 rings (SSSR count). The number of likely N-dealkylation sites (N-methyl/N-ethyl adjacent to an activating group) is 1. The Labute approximate surface area is 123 Å². The molecule has 19 heavy (non-hydrogen) atoms. The fourth-order valence-corrected chi connectivity index (χ4v) is 2.77. The van der Waals surface area contributed by atoms with Crippen LogP contribution in [0.1, 0.15) is 29.6 Å². The van der Waals surface area contributed by atoms with Crippen LogP contribution in [0, 0.1) is 0 Å². The molecule has 4 nitrogen and oxygen atoms in total. The number of hydrogen-bond donors (Lipinski definition) is 1. The Morgan fingerprint density at radius 3 is 2.37 bits per heavy atom. The molecule has 0 spiro atoms. The van der Waals surface area contributed by atoms with Crippen LogP contribution in [0.25, 0.3) is 0 Å². The molecule has 1 saturated carbocycles. The Bertz CT molecular complexity index is 467. The number of hydrogen-bond acceptors (Lipinski definition) is 3. The highest BCUT2D eigenvalue weighted by molar-refractivity contribution is 6.33. The lowest BCUT2D eigenvalue weighted by Gasteiger charge is -2.47. The van der Waals surface area contributed by atoms with Crippen LogP contribution in [-0.4, -0.2) is 42.0 Å². The van der Waals surface area contributed by atoms with Gasteiger partial charge in [-0.25, -0.2) is 4.98 Å². The molecule has 0 unspecified atom stereocenters. The number of nitrogens with one attached hydrogen (secondary N) is 1. The molecule has 0 atom stereocenters.